The third-order valence-electron chi connectivity index (χ3n) is 2.68. The van der Waals surface area contributed by atoms with E-state index in [9.17, 15) is 0 Å². The van der Waals surface area contributed by atoms with Crippen molar-refractivity contribution in [3.05, 3.63) is 23.8 Å². The molecule has 0 aliphatic carbocycles. The standard InChI is InChI=1S/C14H22N2O2S/c1-4-8-15-14(19)16-9-7-11-5-6-12(17-2)13(10-11)18-3/h5-6,10H,4,7-9H2,1-3H3,(H2,15,16,19). The normalized spacial score (nSPS) is 9.84. The average Bonchev–Trinajstić information content (AvgIpc) is 2.44. The summed E-state index contributed by atoms with van der Waals surface area (Å²) >= 11 is 5.16. The number of hydrogen-bond donors (Lipinski definition) is 2. The fourth-order valence-electron chi connectivity index (χ4n) is 1.66. The Morgan fingerprint density at radius 1 is 1.11 bits per heavy atom. The average molecular weight is 282 g/mol. The molecule has 106 valence electrons. The van der Waals surface area contributed by atoms with Gasteiger partial charge in [-0.2, -0.15) is 0 Å². The van der Waals surface area contributed by atoms with Gasteiger partial charge in [-0.3, -0.25) is 0 Å². The van der Waals surface area contributed by atoms with E-state index in [0.717, 1.165) is 37.4 Å². The SMILES string of the molecule is CCCNC(=S)NCCc1ccc(OC)c(OC)c1. The van der Waals surface area contributed by atoms with E-state index >= 15 is 0 Å². The highest BCUT2D eigenvalue weighted by molar-refractivity contribution is 7.80. The Morgan fingerprint density at radius 3 is 2.42 bits per heavy atom. The first-order valence-corrected chi connectivity index (χ1v) is 6.84. The molecule has 1 aromatic carbocycles. The van der Waals surface area contributed by atoms with Gasteiger partial charge in [0.25, 0.3) is 0 Å². The van der Waals surface area contributed by atoms with Crippen molar-refractivity contribution in [3.8, 4) is 11.5 Å². The largest absolute Gasteiger partial charge is 0.493 e. The van der Waals surface area contributed by atoms with Gasteiger partial charge in [0.2, 0.25) is 0 Å². The third-order valence-corrected chi connectivity index (χ3v) is 2.97. The quantitative estimate of drug-likeness (QED) is 0.750. The molecule has 1 rings (SSSR count). The van der Waals surface area contributed by atoms with Gasteiger partial charge in [-0.15, -0.1) is 0 Å². The predicted molar refractivity (Wildman–Crippen MR) is 82.1 cm³/mol. The van der Waals surface area contributed by atoms with E-state index in [1.165, 1.54) is 5.56 Å². The fraction of sp³-hybridized carbons (Fsp3) is 0.500. The van der Waals surface area contributed by atoms with Gasteiger partial charge >= 0.3 is 0 Å². The van der Waals surface area contributed by atoms with E-state index in [1.54, 1.807) is 14.2 Å². The molecule has 0 aromatic heterocycles. The van der Waals surface area contributed by atoms with E-state index in [4.69, 9.17) is 21.7 Å². The maximum absolute atomic E-state index is 5.27. The maximum atomic E-state index is 5.27. The smallest absolute Gasteiger partial charge is 0.166 e. The molecule has 4 nitrogen and oxygen atoms in total. The van der Waals surface area contributed by atoms with Crippen LogP contribution in [-0.4, -0.2) is 32.4 Å². The van der Waals surface area contributed by atoms with Crippen molar-refractivity contribution in [2.24, 2.45) is 0 Å². The maximum Gasteiger partial charge on any atom is 0.166 e. The summed E-state index contributed by atoms with van der Waals surface area (Å²) in [4.78, 5) is 0. The van der Waals surface area contributed by atoms with Gasteiger partial charge in [-0.25, -0.2) is 0 Å². The first-order valence-electron chi connectivity index (χ1n) is 6.43. The van der Waals surface area contributed by atoms with Crippen LogP contribution in [0.5, 0.6) is 11.5 Å². The topological polar surface area (TPSA) is 42.5 Å². The minimum absolute atomic E-state index is 0.710. The number of ether oxygens (including phenoxy) is 2. The molecule has 0 spiro atoms. The molecule has 0 radical (unpaired) electrons. The van der Waals surface area contributed by atoms with Crippen LogP contribution in [0.3, 0.4) is 0 Å². The van der Waals surface area contributed by atoms with Gasteiger partial charge in [-0.05, 0) is 42.8 Å². The lowest BCUT2D eigenvalue weighted by Gasteiger charge is -2.11. The summed E-state index contributed by atoms with van der Waals surface area (Å²) in [5.74, 6) is 1.51. The summed E-state index contributed by atoms with van der Waals surface area (Å²) in [6.07, 6.45) is 1.95. The molecule has 0 bridgehead atoms. The van der Waals surface area contributed by atoms with Crippen molar-refractivity contribution in [1.29, 1.82) is 0 Å². The zero-order valence-corrected chi connectivity index (χ0v) is 12.6. The van der Waals surface area contributed by atoms with Crippen LogP contribution < -0.4 is 20.1 Å². The summed E-state index contributed by atoms with van der Waals surface area (Å²) in [5, 5.41) is 7.03. The third kappa shape index (κ3) is 5.34. The summed E-state index contributed by atoms with van der Waals surface area (Å²) < 4.78 is 10.5. The number of nitrogens with one attached hydrogen (secondary N) is 2. The summed E-state index contributed by atoms with van der Waals surface area (Å²) in [6.45, 7) is 3.81. The highest BCUT2D eigenvalue weighted by atomic mass is 32.1. The lowest BCUT2D eigenvalue weighted by atomic mass is 10.1. The Balaban J connectivity index is 2.43. The lowest BCUT2D eigenvalue weighted by molar-refractivity contribution is 0.354. The van der Waals surface area contributed by atoms with Crippen molar-refractivity contribution < 1.29 is 9.47 Å². The zero-order chi connectivity index (χ0) is 14.1. The predicted octanol–water partition coefficient (Wildman–Crippen LogP) is 2.12. The fourth-order valence-corrected chi connectivity index (χ4v) is 1.86. The molecule has 0 aliphatic heterocycles. The van der Waals surface area contributed by atoms with Crippen molar-refractivity contribution in [2.45, 2.75) is 19.8 Å². The highest BCUT2D eigenvalue weighted by Crippen LogP contribution is 2.27. The van der Waals surface area contributed by atoms with Gasteiger partial charge < -0.3 is 20.1 Å². The van der Waals surface area contributed by atoms with Crippen molar-refractivity contribution >= 4 is 17.3 Å². The molecule has 0 heterocycles. The molecular formula is C14H22N2O2S. The molecule has 0 saturated heterocycles. The molecule has 0 unspecified atom stereocenters. The van der Waals surface area contributed by atoms with Crippen LogP contribution in [0, 0.1) is 0 Å². The van der Waals surface area contributed by atoms with Crippen LogP contribution in [0.25, 0.3) is 0 Å². The second-order valence-electron chi connectivity index (χ2n) is 4.12. The van der Waals surface area contributed by atoms with Gasteiger partial charge in [0.05, 0.1) is 14.2 Å². The first kappa shape index (κ1) is 15.6. The van der Waals surface area contributed by atoms with Gasteiger partial charge in [0.15, 0.2) is 16.6 Å². The Hall–Kier alpha value is -1.49. The Bertz CT molecular complexity index is 410. The molecule has 5 heteroatoms. The Morgan fingerprint density at radius 2 is 1.79 bits per heavy atom. The van der Waals surface area contributed by atoms with Gasteiger partial charge in [0, 0.05) is 13.1 Å². The Kier molecular flexibility index (Phi) is 7.03. The van der Waals surface area contributed by atoms with Crippen LogP contribution in [0.2, 0.25) is 0 Å². The lowest BCUT2D eigenvalue weighted by Crippen LogP contribution is -2.36. The molecule has 2 N–H and O–H groups in total. The zero-order valence-electron chi connectivity index (χ0n) is 11.8. The van der Waals surface area contributed by atoms with E-state index in [2.05, 4.69) is 17.6 Å². The summed E-state index contributed by atoms with van der Waals surface area (Å²) in [5.41, 5.74) is 1.18. The first-order chi connectivity index (χ1) is 9.21. The van der Waals surface area contributed by atoms with E-state index in [0.29, 0.717) is 5.11 Å². The van der Waals surface area contributed by atoms with Gasteiger partial charge in [-0.1, -0.05) is 13.0 Å². The molecule has 0 fully saturated rings. The van der Waals surface area contributed by atoms with Crippen molar-refractivity contribution in [1.82, 2.24) is 10.6 Å². The molecule has 0 amide bonds. The molecule has 19 heavy (non-hydrogen) atoms. The molecular weight excluding hydrogens is 260 g/mol. The summed E-state index contributed by atoms with van der Waals surface area (Å²) in [6, 6.07) is 5.94. The minimum atomic E-state index is 0.710. The second kappa shape index (κ2) is 8.58. The number of rotatable bonds is 7. The van der Waals surface area contributed by atoms with Crippen LogP contribution >= 0.6 is 12.2 Å². The van der Waals surface area contributed by atoms with Crippen molar-refractivity contribution in [2.75, 3.05) is 27.3 Å². The monoisotopic (exact) mass is 282 g/mol. The number of benzene rings is 1. The highest BCUT2D eigenvalue weighted by Gasteiger charge is 2.04. The minimum Gasteiger partial charge on any atom is -0.493 e. The second-order valence-corrected chi connectivity index (χ2v) is 4.53. The summed E-state index contributed by atoms with van der Waals surface area (Å²) in [7, 11) is 3.28. The van der Waals surface area contributed by atoms with Crippen LogP contribution in [0.15, 0.2) is 18.2 Å². The molecule has 0 aliphatic rings. The Labute approximate surface area is 120 Å². The van der Waals surface area contributed by atoms with E-state index in [-0.39, 0.29) is 0 Å². The van der Waals surface area contributed by atoms with Crippen molar-refractivity contribution in [3.63, 3.8) is 0 Å². The molecule has 0 atom stereocenters. The molecule has 0 saturated carbocycles. The number of methoxy groups -OCH3 is 2. The molecule has 1 aromatic rings. The van der Waals surface area contributed by atoms with Gasteiger partial charge in [0.1, 0.15) is 0 Å². The van der Waals surface area contributed by atoms with Crippen LogP contribution in [-0.2, 0) is 6.42 Å². The van der Waals surface area contributed by atoms with E-state index in [1.807, 2.05) is 18.2 Å². The van der Waals surface area contributed by atoms with Crippen LogP contribution in [0.1, 0.15) is 18.9 Å². The number of thiocarbonyl (C=S) groups is 1. The van der Waals surface area contributed by atoms with Crippen LogP contribution in [0.4, 0.5) is 0 Å². The van der Waals surface area contributed by atoms with E-state index < -0.39 is 0 Å². The number of hydrogen-bond acceptors (Lipinski definition) is 3.